The van der Waals surface area contributed by atoms with Crippen LogP contribution in [0.5, 0.6) is 5.75 Å². The van der Waals surface area contributed by atoms with E-state index in [4.69, 9.17) is 4.74 Å². The van der Waals surface area contributed by atoms with Crippen LogP contribution < -0.4 is 14.4 Å². The van der Waals surface area contributed by atoms with Crippen LogP contribution in [-0.4, -0.2) is 32.9 Å². The maximum Gasteiger partial charge on any atom is 0.241 e. The van der Waals surface area contributed by atoms with E-state index >= 15 is 0 Å². The number of rotatable bonds is 4. The number of methoxy groups -OCH3 is 1. The maximum atomic E-state index is 12.4. The Morgan fingerprint density at radius 3 is 2.17 bits per heavy atom. The molecule has 0 atom stereocenters. The van der Waals surface area contributed by atoms with Crippen molar-refractivity contribution >= 4 is 27.5 Å². The minimum absolute atomic E-state index is 0.0317. The van der Waals surface area contributed by atoms with Crippen molar-refractivity contribution in [1.82, 2.24) is 4.72 Å². The maximum absolute atomic E-state index is 12.4. The van der Waals surface area contributed by atoms with Crippen LogP contribution in [0.3, 0.4) is 0 Å². The number of carbonyl (C=O) groups is 2. The molecule has 23 heavy (non-hydrogen) atoms. The second kappa shape index (κ2) is 5.93. The summed E-state index contributed by atoms with van der Waals surface area (Å²) in [7, 11) is -2.39. The summed E-state index contributed by atoms with van der Waals surface area (Å²) in [4.78, 5) is 24.8. The first kappa shape index (κ1) is 17.4. The van der Waals surface area contributed by atoms with Gasteiger partial charge in [-0.1, -0.05) is 0 Å². The molecule has 0 saturated carbocycles. The van der Waals surface area contributed by atoms with Crippen LogP contribution in [0.1, 0.15) is 33.6 Å². The molecular weight excluding hydrogens is 320 g/mol. The van der Waals surface area contributed by atoms with E-state index in [1.807, 2.05) is 0 Å². The van der Waals surface area contributed by atoms with Crippen LogP contribution in [0.15, 0.2) is 23.1 Å². The van der Waals surface area contributed by atoms with Gasteiger partial charge >= 0.3 is 0 Å². The van der Waals surface area contributed by atoms with Crippen molar-refractivity contribution in [3.63, 3.8) is 0 Å². The van der Waals surface area contributed by atoms with Gasteiger partial charge in [-0.3, -0.25) is 9.59 Å². The number of ether oxygens (including phenoxy) is 1. The Labute approximate surface area is 135 Å². The number of nitrogens with one attached hydrogen (secondary N) is 1. The molecule has 1 aliphatic rings. The Balaban J connectivity index is 2.52. The highest BCUT2D eigenvalue weighted by Gasteiger charge is 2.33. The summed E-state index contributed by atoms with van der Waals surface area (Å²) < 4.78 is 32.6. The molecule has 8 heteroatoms. The molecule has 1 aromatic rings. The van der Waals surface area contributed by atoms with Crippen LogP contribution in [0.25, 0.3) is 0 Å². The van der Waals surface area contributed by atoms with Crippen molar-refractivity contribution in [2.45, 2.75) is 44.0 Å². The highest BCUT2D eigenvalue weighted by molar-refractivity contribution is 7.89. The fraction of sp³-hybridized carbons (Fsp3) is 0.467. The van der Waals surface area contributed by atoms with E-state index in [9.17, 15) is 18.0 Å². The predicted molar refractivity (Wildman–Crippen MR) is 84.8 cm³/mol. The van der Waals surface area contributed by atoms with Crippen molar-refractivity contribution < 1.29 is 22.7 Å². The van der Waals surface area contributed by atoms with E-state index in [1.54, 1.807) is 20.8 Å². The van der Waals surface area contributed by atoms with Crippen molar-refractivity contribution in [3.05, 3.63) is 18.2 Å². The predicted octanol–water partition coefficient (Wildman–Crippen LogP) is 1.43. The number of nitrogens with zero attached hydrogens (tertiary/aromatic N) is 1. The number of sulfonamides is 1. The molecule has 1 heterocycles. The van der Waals surface area contributed by atoms with E-state index < -0.39 is 15.6 Å². The highest BCUT2D eigenvalue weighted by Crippen LogP contribution is 2.34. The lowest BCUT2D eigenvalue weighted by Crippen LogP contribution is -2.40. The van der Waals surface area contributed by atoms with Gasteiger partial charge in [0.1, 0.15) is 5.75 Å². The molecule has 1 aliphatic heterocycles. The zero-order valence-electron chi connectivity index (χ0n) is 13.5. The number of hydrogen-bond donors (Lipinski definition) is 1. The smallest absolute Gasteiger partial charge is 0.241 e. The van der Waals surface area contributed by atoms with Gasteiger partial charge in [0.2, 0.25) is 21.8 Å². The van der Waals surface area contributed by atoms with Crippen molar-refractivity contribution in [3.8, 4) is 5.75 Å². The lowest BCUT2D eigenvalue weighted by Gasteiger charge is -2.22. The average molecular weight is 340 g/mol. The summed E-state index contributed by atoms with van der Waals surface area (Å²) >= 11 is 0. The van der Waals surface area contributed by atoms with Gasteiger partial charge in [-0.25, -0.2) is 18.0 Å². The van der Waals surface area contributed by atoms with Gasteiger partial charge in [0.05, 0.1) is 17.7 Å². The molecule has 7 nitrogen and oxygen atoms in total. The lowest BCUT2D eigenvalue weighted by atomic mass is 10.1. The summed E-state index contributed by atoms with van der Waals surface area (Å²) in [5.74, 6) is -0.471. The zero-order chi connectivity index (χ0) is 17.4. The minimum atomic E-state index is -3.78. The Morgan fingerprint density at radius 1 is 1.13 bits per heavy atom. The third-order valence-corrected chi connectivity index (χ3v) is 4.95. The molecule has 0 aromatic heterocycles. The van der Waals surface area contributed by atoms with E-state index in [1.165, 1.54) is 25.3 Å². The first-order valence-electron chi connectivity index (χ1n) is 7.13. The third kappa shape index (κ3) is 3.70. The fourth-order valence-corrected chi connectivity index (χ4v) is 3.76. The Hall–Kier alpha value is -1.93. The van der Waals surface area contributed by atoms with E-state index in [-0.39, 0.29) is 41.0 Å². The minimum Gasteiger partial charge on any atom is -0.495 e. The zero-order valence-corrected chi connectivity index (χ0v) is 14.4. The van der Waals surface area contributed by atoms with E-state index in [2.05, 4.69) is 4.72 Å². The van der Waals surface area contributed by atoms with Crippen LogP contribution in [0, 0.1) is 0 Å². The van der Waals surface area contributed by atoms with Gasteiger partial charge in [0.25, 0.3) is 0 Å². The van der Waals surface area contributed by atoms with Gasteiger partial charge in [-0.05, 0) is 39.0 Å². The lowest BCUT2D eigenvalue weighted by molar-refractivity contribution is -0.121. The second-order valence-corrected chi connectivity index (χ2v) is 7.99. The summed E-state index contributed by atoms with van der Waals surface area (Å²) in [5.41, 5.74) is -0.505. The number of hydrogen-bond acceptors (Lipinski definition) is 5. The van der Waals surface area contributed by atoms with Crippen molar-refractivity contribution in [2.75, 3.05) is 12.0 Å². The molecule has 0 unspecified atom stereocenters. The molecule has 1 aromatic carbocycles. The number of imide groups is 1. The first-order chi connectivity index (χ1) is 10.5. The summed E-state index contributed by atoms with van der Waals surface area (Å²) in [6, 6.07) is 4.10. The van der Waals surface area contributed by atoms with Gasteiger partial charge in [-0.2, -0.15) is 0 Å². The summed E-state index contributed by atoms with van der Waals surface area (Å²) in [6.07, 6.45) is 0.221. The molecule has 0 spiro atoms. The van der Waals surface area contributed by atoms with Gasteiger partial charge in [0.15, 0.2) is 0 Å². The number of benzene rings is 1. The van der Waals surface area contributed by atoms with Crippen LogP contribution in [0.2, 0.25) is 0 Å². The molecule has 126 valence electrons. The molecule has 0 aliphatic carbocycles. The summed E-state index contributed by atoms with van der Waals surface area (Å²) in [5, 5.41) is 0. The normalized spacial score (nSPS) is 16.1. The number of amides is 2. The molecule has 0 bridgehead atoms. The number of anilines is 1. The van der Waals surface area contributed by atoms with Crippen molar-refractivity contribution in [1.29, 1.82) is 0 Å². The van der Waals surface area contributed by atoms with Crippen LogP contribution >= 0.6 is 0 Å². The SMILES string of the molecule is COc1ccc(S(=O)(=O)NC(C)(C)C)cc1N1C(=O)CCC1=O. The monoisotopic (exact) mass is 340 g/mol. The number of carbonyl (C=O) groups excluding carboxylic acids is 2. The summed E-state index contributed by atoms with van der Waals surface area (Å²) in [6.45, 7) is 5.17. The molecule has 1 saturated heterocycles. The Bertz CT molecular complexity index is 734. The van der Waals surface area contributed by atoms with Crippen LogP contribution in [0.4, 0.5) is 5.69 Å². The molecule has 2 rings (SSSR count). The third-order valence-electron chi connectivity index (χ3n) is 3.19. The van der Waals surface area contributed by atoms with Gasteiger partial charge in [-0.15, -0.1) is 0 Å². The van der Waals surface area contributed by atoms with E-state index in [0.717, 1.165) is 4.90 Å². The van der Waals surface area contributed by atoms with Crippen molar-refractivity contribution in [2.24, 2.45) is 0 Å². The molecule has 1 fully saturated rings. The largest absolute Gasteiger partial charge is 0.495 e. The van der Waals surface area contributed by atoms with E-state index in [0.29, 0.717) is 0 Å². The second-order valence-electron chi connectivity index (χ2n) is 6.31. The molecule has 2 amide bonds. The van der Waals surface area contributed by atoms with Gasteiger partial charge in [0, 0.05) is 18.4 Å². The van der Waals surface area contributed by atoms with Crippen LogP contribution in [-0.2, 0) is 19.6 Å². The fourth-order valence-electron chi connectivity index (χ4n) is 2.32. The highest BCUT2D eigenvalue weighted by atomic mass is 32.2. The standard InChI is InChI=1S/C15H20N2O5S/c1-15(2,3)16-23(20,21)10-5-6-12(22-4)11(9-10)17-13(18)7-8-14(17)19/h5-6,9,16H,7-8H2,1-4H3. The molecule has 0 radical (unpaired) electrons. The Morgan fingerprint density at radius 2 is 1.70 bits per heavy atom. The topological polar surface area (TPSA) is 92.8 Å². The molecular formula is C15H20N2O5S. The quantitative estimate of drug-likeness (QED) is 0.837. The first-order valence-corrected chi connectivity index (χ1v) is 8.61. The average Bonchev–Trinajstić information content (AvgIpc) is 2.74. The Kier molecular flexibility index (Phi) is 4.50. The molecule has 1 N–H and O–H groups in total. The van der Waals surface area contributed by atoms with Gasteiger partial charge < -0.3 is 4.74 Å².